The van der Waals surface area contributed by atoms with Crippen LogP contribution in [-0.2, 0) is 0 Å². The molecule has 0 aliphatic carbocycles. The molecule has 0 nitrogen and oxygen atoms in total. The van der Waals surface area contributed by atoms with Gasteiger partial charge in [0.15, 0.2) is 0 Å². The summed E-state index contributed by atoms with van der Waals surface area (Å²) < 4.78 is 0. The quantitative estimate of drug-likeness (QED) is 0.181. The van der Waals surface area contributed by atoms with Crippen LogP contribution in [0.4, 0.5) is 0 Å². The summed E-state index contributed by atoms with van der Waals surface area (Å²) in [6, 6.07) is 42.4. The zero-order chi connectivity index (χ0) is 29.9. The fourth-order valence-corrected chi connectivity index (χ4v) is 3.18. The van der Waals surface area contributed by atoms with Crippen LogP contribution in [0, 0.1) is 69.2 Å². The van der Waals surface area contributed by atoms with Gasteiger partial charge in [-0.15, -0.1) is 0 Å². The second kappa shape index (κ2) is 20.9. The summed E-state index contributed by atoms with van der Waals surface area (Å²) in [5, 5.41) is 0. The van der Waals surface area contributed by atoms with E-state index in [9.17, 15) is 0 Å². The normalized spacial score (nSPS) is 9.02. The van der Waals surface area contributed by atoms with Crippen LogP contribution in [-0.4, -0.2) is 0 Å². The van der Waals surface area contributed by atoms with Gasteiger partial charge in [-0.25, -0.2) is 0 Å². The summed E-state index contributed by atoms with van der Waals surface area (Å²) in [5.41, 5.74) is 13.3. The molecular formula is C41H54. The molecule has 0 fully saturated rings. The summed E-state index contributed by atoms with van der Waals surface area (Å²) in [5.74, 6) is 0. The average molecular weight is 547 g/mol. The van der Waals surface area contributed by atoms with E-state index in [1.165, 1.54) is 55.6 Å². The lowest BCUT2D eigenvalue weighted by Gasteiger charge is -1.90. The fourth-order valence-electron chi connectivity index (χ4n) is 3.18. The first-order chi connectivity index (χ1) is 18.9. The molecule has 0 N–H and O–H groups in total. The zero-order valence-electron chi connectivity index (χ0n) is 26.5. The van der Waals surface area contributed by atoms with Crippen LogP contribution in [0.25, 0.3) is 0 Å². The molecule has 0 amide bonds. The Morgan fingerprint density at radius 1 is 0.171 bits per heavy atom. The highest BCUT2D eigenvalue weighted by Crippen LogP contribution is 2.02. The Morgan fingerprint density at radius 3 is 0.268 bits per heavy atom. The predicted molar refractivity (Wildman–Crippen MR) is 186 cm³/mol. The minimum Gasteiger partial charge on any atom is -0.0776 e. The molecule has 0 saturated carbocycles. The van der Waals surface area contributed by atoms with Crippen LogP contribution in [0.1, 0.15) is 63.1 Å². The monoisotopic (exact) mass is 546 g/mol. The van der Waals surface area contributed by atoms with E-state index in [0.717, 1.165) is 0 Å². The summed E-state index contributed by atoms with van der Waals surface area (Å²) in [6.07, 6.45) is 0. The van der Waals surface area contributed by atoms with Gasteiger partial charge in [0.1, 0.15) is 0 Å². The van der Waals surface area contributed by atoms with Crippen LogP contribution >= 0.6 is 0 Å². The molecular weight excluding hydrogens is 492 g/mol. The van der Waals surface area contributed by atoms with E-state index in [2.05, 4.69) is 191 Å². The third kappa shape index (κ3) is 19.8. The molecule has 5 aromatic rings. The second-order valence-electron chi connectivity index (χ2n) is 10.8. The Hall–Kier alpha value is -3.90. The summed E-state index contributed by atoms with van der Waals surface area (Å²) >= 11 is 0. The molecule has 0 aliphatic rings. The molecule has 0 heteroatoms. The lowest BCUT2D eigenvalue weighted by molar-refractivity contribution is 1.40. The van der Waals surface area contributed by atoms with Crippen LogP contribution < -0.4 is 0 Å². The molecule has 5 aromatic carbocycles. The highest BCUT2D eigenvalue weighted by atomic mass is 13.9. The van der Waals surface area contributed by atoms with Gasteiger partial charge < -0.3 is 0 Å². The molecule has 0 saturated heterocycles. The Morgan fingerprint density at radius 2 is 0.220 bits per heavy atom. The van der Waals surface area contributed by atoms with Crippen molar-refractivity contribution in [1.29, 1.82) is 0 Å². The highest BCUT2D eigenvalue weighted by molar-refractivity contribution is 5.22. The number of hydrogen-bond acceptors (Lipinski definition) is 0. The first-order valence-corrected chi connectivity index (χ1v) is 14.1. The van der Waals surface area contributed by atoms with Gasteiger partial charge in [0.05, 0.1) is 0 Å². The van der Waals surface area contributed by atoms with Gasteiger partial charge in [0.25, 0.3) is 0 Å². The highest BCUT2D eigenvalue weighted by Gasteiger charge is 1.82. The van der Waals surface area contributed by atoms with Gasteiger partial charge in [-0.05, 0) is 69.2 Å². The molecule has 0 atom stereocenters. The van der Waals surface area contributed by atoms with Crippen molar-refractivity contribution < 1.29 is 0 Å². The maximum atomic E-state index is 2.12. The smallest absolute Gasteiger partial charge is 0.0398 e. The van der Waals surface area contributed by atoms with Gasteiger partial charge in [0.2, 0.25) is 0 Å². The number of benzene rings is 5. The topological polar surface area (TPSA) is 0 Å². The van der Waals surface area contributed by atoms with Crippen LogP contribution in [0.2, 0.25) is 0 Å². The van der Waals surface area contributed by atoms with Gasteiger partial charge in [-0.1, -0.05) is 184 Å². The third-order valence-electron chi connectivity index (χ3n) is 6.09. The molecule has 5 rings (SSSR count). The molecule has 0 aromatic heterocycles. The molecule has 0 radical (unpaired) electrons. The first kappa shape index (κ1) is 37.1. The van der Waals surface area contributed by atoms with Crippen molar-refractivity contribution in [3.63, 3.8) is 0 Å². The SMILES string of the molecule is C.Cc1ccc(C)cc1.Cc1ccc(C)cc1.Cc1ccc(C)cc1.Cc1ccc(C)cc1.Cc1ccc(C)cc1. The number of aryl methyl sites for hydroxylation is 10. The van der Waals surface area contributed by atoms with E-state index in [-0.39, 0.29) is 7.43 Å². The van der Waals surface area contributed by atoms with Crippen molar-refractivity contribution in [3.8, 4) is 0 Å². The third-order valence-corrected chi connectivity index (χ3v) is 6.09. The van der Waals surface area contributed by atoms with E-state index in [4.69, 9.17) is 0 Å². The van der Waals surface area contributed by atoms with Gasteiger partial charge in [-0.2, -0.15) is 0 Å². The number of hydrogen-bond donors (Lipinski definition) is 0. The molecule has 41 heavy (non-hydrogen) atoms. The van der Waals surface area contributed by atoms with E-state index in [1.807, 2.05) is 0 Å². The Balaban J connectivity index is 0.000000485. The molecule has 0 heterocycles. The molecule has 218 valence electrons. The Kier molecular flexibility index (Phi) is 18.9. The lowest BCUT2D eigenvalue weighted by Crippen LogP contribution is -1.70. The van der Waals surface area contributed by atoms with E-state index in [1.54, 1.807) is 0 Å². The van der Waals surface area contributed by atoms with Crippen LogP contribution in [0.15, 0.2) is 121 Å². The van der Waals surface area contributed by atoms with Crippen molar-refractivity contribution in [3.05, 3.63) is 177 Å². The molecule has 0 aliphatic heterocycles. The molecule has 0 bridgehead atoms. The standard InChI is InChI=1S/5C8H10.CH4/c5*1-7-3-5-8(2)6-4-7;/h5*3-6H,1-2H3;1H4. The number of rotatable bonds is 0. The van der Waals surface area contributed by atoms with E-state index < -0.39 is 0 Å². The van der Waals surface area contributed by atoms with Crippen molar-refractivity contribution >= 4 is 0 Å². The summed E-state index contributed by atoms with van der Waals surface area (Å²) in [6.45, 7) is 21.0. The van der Waals surface area contributed by atoms with Crippen LogP contribution in [0.3, 0.4) is 0 Å². The maximum absolute atomic E-state index is 2.12. The van der Waals surface area contributed by atoms with Crippen LogP contribution in [0.5, 0.6) is 0 Å². The summed E-state index contributed by atoms with van der Waals surface area (Å²) in [4.78, 5) is 0. The minimum absolute atomic E-state index is 0. The fraction of sp³-hybridized carbons (Fsp3) is 0.268. The Bertz CT molecular complexity index is 947. The minimum atomic E-state index is 0. The van der Waals surface area contributed by atoms with Crippen molar-refractivity contribution in [2.75, 3.05) is 0 Å². The van der Waals surface area contributed by atoms with Gasteiger partial charge in [-0.3, -0.25) is 0 Å². The van der Waals surface area contributed by atoms with E-state index >= 15 is 0 Å². The van der Waals surface area contributed by atoms with E-state index in [0.29, 0.717) is 0 Å². The van der Waals surface area contributed by atoms with Gasteiger partial charge in [0, 0.05) is 0 Å². The average Bonchev–Trinajstić information content (AvgIpc) is 2.94. The Labute approximate surface area is 253 Å². The van der Waals surface area contributed by atoms with Gasteiger partial charge >= 0.3 is 0 Å². The largest absolute Gasteiger partial charge is 0.0776 e. The summed E-state index contributed by atoms with van der Waals surface area (Å²) in [7, 11) is 0. The van der Waals surface area contributed by atoms with Crippen molar-refractivity contribution in [1.82, 2.24) is 0 Å². The first-order valence-electron chi connectivity index (χ1n) is 14.1. The van der Waals surface area contributed by atoms with Crippen molar-refractivity contribution in [2.24, 2.45) is 0 Å². The second-order valence-corrected chi connectivity index (χ2v) is 10.8. The molecule has 0 unspecified atom stereocenters. The lowest BCUT2D eigenvalue weighted by atomic mass is 10.2. The predicted octanol–water partition coefficient (Wildman–Crippen LogP) is 12.2. The van der Waals surface area contributed by atoms with Crippen molar-refractivity contribution in [2.45, 2.75) is 76.7 Å². The molecule has 0 spiro atoms. The zero-order valence-corrected chi connectivity index (χ0v) is 26.5. The maximum Gasteiger partial charge on any atom is -0.0398 e.